The molecule has 0 spiro atoms. The van der Waals surface area contributed by atoms with E-state index < -0.39 is 12.0 Å². The fourth-order valence-corrected chi connectivity index (χ4v) is 1.53. The van der Waals surface area contributed by atoms with Crippen molar-refractivity contribution in [1.82, 2.24) is 9.97 Å². The summed E-state index contributed by atoms with van der Waals surface area (Å²) < 4.78 is 4.92. The van der Waals surface area contributed by atoms with Crippen LogP contribution in [0.4, 0.5) is 5.82 Å². The molecule has 0 aliphatic carbocycles. The molecule has 0 radical (unpaired) electrons. The molecule has 1 unspecified atom stereocenters. The monoisotopic (exact) mass is 253 g/mol. The Hall–Kier alpha value is -1.69. The number of hydrogen-bond donors (Lipinski definition) is 2. The Bertz CT molecular complexity index is 410. The van der Waals surface area contributed by atoms with Gasteiger partial charge in [0.1, 0.15) is 11.9 Å². The maximum Gasteiger partial charge on any atom is 0.326 e. The van der Waals surface area contributed by atoms with Crippen molar-refractivity contribution < 1.29 is 14.6 Å². The Balaban J connectivity index is 2.70. The number of nitrogens with one attached hydrogen (secondary N) is 1. The smallest absolute Gasteiger partial charge is 0.326 e. The second-order valence-corrected chi connectivity index (χ2v) is 4.12. The number of ether oxygens (including phenoxy) is 1. The van der Waals surface area contributed by atoms with Crippen molar-refractivity contribution in [2.75, 3.05) is 19.0 Å². The molecule has 2 N–H and O–H groups in total. The Morgan fingerprint density at radius 2 is 2.28 bits per heavy atom. The molecule has 0 aliphatic heterocycles. The van der Waals surface area contributed by atoms with Crippen molar-refractivity contribution in [1.29, 1.82) is 0 Å². The molecule has 0 aromatic carbocycles. The quantitative estimate of drug-likeness (QED) is 0.714. The lowest BCUT2D eigenvalue weighted by Crippen LogP contribution is -2.30. The van der Waals surface area contributed by atoms with Gasteiger partial charge in [0.05, 0.1) is 11.4 Å². The fraction of sp³-hybridized carbons (Fsp3) is 0.583. The van der Waals surface area contributed by atoms with E-state index in [4.69, 9.17) is 9.84 Å². The zero-order valence-electron chi connectivity index (χ0n) is 10.9. The van der Waals surface area contributed by atoms with Crippen molar-refractivity contribution in [3.8, 4) is 0 Å². The van der Waals surface area contributed by atoms with E-state index in [9.17, 15) is 4.79 Å². The fourth-order valence-electron chi connectivity index (χ4n) is 1.53. The Morgan fingerprint density at radius 1 is 1.56 bits per heavy atom. The van der Waals surface area contributed by atoms with Gasteiger partial charge in [-0.3, -0.25) is 4.98 Å². The van der Waals surface area contributed by atoms with Gasteiger partial charge in [-0.05, 0) is 26.7 Å². The number of hydrogen-bond acceptors (Lipinski definition) is 5. The summed E-state index contributed by atoms with van der Waals surface area (Å²) in [5.74, 6) is -0.367. The first-order valence-corrected chi connectivity index (χ1v) is 5.83. The van der Waals surface area contributed by atoms with E-state index in [1.165, 1.54) is 0 Å². The van der Waals surface area contributed by atoms with E-state index in [-0.39, 0.29) is 0 Å². The Kier molecular flexibility index (Phi) is 5.51. The van der Waals surface area contributed by atoms with E-state index in [0.29, 0.717) is 31.0 Å². The molecule has 100 valence electrons. The van der Waals surface area contributed by atoms with Crippen molar-refractivity contribution in [3.05, 3.63) is 17.6 Å². The molecule has 1 atom stereocenters. The summed E-state index contributed by atoms with van der Waals surface area (Å²) in [6.45, 7) is 4.16. The second kappa shape index (κ2) is 6.90. The average Bonchev–Trinajstić information content (AvgIpc) is 2.32. The van der Waals surface area contributed by atoms with Gasteiger partial charge in [-0.2, -0.15) is 0 Å². The van der Waals surface area contributed by atoms with Gasteiger partial charge >= 0.3 is 5.97 Å². The van der Waals surface area contributed by atoms with E-state index in [1.807, 2.05) is 6.92 Å². The molecule has 18 heavy (non-hydrogen) atoms. The minimum absolute atomic E-state index is 0.484. The molecule has 6 heteroatoms. The third-order valence-electron chi connectivity index (χ3n) is 2.53. The summed E-state index contributed by atoms with van der Waals surface area (Å²) in [5, 5.41) is 12.1. The Morgan fingerprint density at radius 3 is 2.89 bits per heavy atom. The molecular formula is C12H19N3O3. The number of methoxy groups -OCH3 is 1. The number of anilines is 1. The van der Waals surface area contributed by atoms with E-state index in [1.54, 1.807) is 20.2 Å². The van der Waals surface area contributed by atoms with Gasteiger partial charge in [0, 0.05) is 19.9 Å². The van der Waals surface area contributed by atoms with Crippen LogP contribution >= 0.6 is 0 Å². The maximum atomic E-state index is 11.1. The number of carboxylic acid groups (broad SMARTS) is 1. The van der Waals surface area contributed by atoms with E-state index >= 15 is 0 Å². The SMILES string of the molecule is COCCCC(Nc1nc(C)cnc1C)C(=O)O. The molecule has 6 nitrogen and oxygen atoms in total. The van der Waals surface area contributed by atoms with Gasteiger partial charge in [-0.25, -0.2) is 9.78 Å². The standard InChI is InChI=1S/C12H19N3O3/c1-8-7-13-9(2)11(14-8)15-10(12(16)17)5-4-6-18-3/h7,10H,4-6H2,1-3H3,(H,14,15)(H,16,17). The molecule has 1 aromatic rings. The highest BCUT2D eigenvalue weighted by molar-refractivity contribution is 5.77. The van der Waals surface area contributed by atoms with Crippen molar-refractivity contribution >= 4 is 11.8 Å². The maximum absolute atomic E-state index is 11.1. The number of carbonyl (C=O) groups is 1. The minimum atomic E-state index is -0.895. The van der Waals surface area contributed by atoms with Crippen LogP contribution in [0, 0.1) is 13.8 Å². The number of rotatable bonds is 7. The predicted octanol–water partition coefficient (Wildman–Crippen LogP) is 1.39. The highest BCUT2D eigenvalue weighted by Gasteiger charge is 2.18. The zero-order valence-corrected chi connectivity index (χ0v) is 10.9. The van der Waals surface area contributed by atoms with Crippen LogP contribution in [0.3, 0.4) is 0 Å². The van der Waals surface area contributed by atoms with Crippen LogP contribution in [0.1, 0.15) is 24.2 Å². The number of aromatic nitrogens is 2. The normalized spacial score (nSPS) is 12.2. The molecule has 1 aromatic heterocycles. The molecule has 0 amide bonds. The first-order chi connectivity index (χ1) is 8.54. The predicted molar refractivity (Wildman–Crippen MR) is 67.7 cm³/mol. The van der Waals surface area contributed by atoms with Gasteiger partial charge in [-0.15, -0.1) is 0 Å². The molecule has 0 saturated carbocycles. The van der Waals surface area contributed by atoms with Gasteiger partial charge < -0.3 is 15.2 Å². The van der Waals surface area contributed by atoms with Crippen LogP contribution in [0.2, 0.25) is 0 Å². The largest absolute Gasteiger partial charge is 0.480 e. The first kappa shape index (κ1) is 14.4. The zero-order chi connectivity index (χ0) is 13.5. The summed E-state index contributed by atoms with van der Waals surface area (Å²) in [6, 6.07) is -0.671. The van der Waals surface area contributed by atoms with Gasteiger partial charge in [0.15, 0.2) is 0 Å². The highest BCUT2D eigenvalue weighted by Crippen LogP contribution is 2.12. The highest BCUT2D eigenvalue weighted by atomic mass is 16.5. The third-order valence-corrected chi connectivity index (χ3v) is 2.53. The van der Waals surface area contributed by atoms with E-state index in [2.05, 4.69) is 15.3 Å². The molecule has 0 aliphatic rings. The lowest BCUT2D eigenvalue weighted by atomic mass is 10.1. The topological polar surface area (TPSA) is 84.3 Å². The lowest BCUT2D eigenvalue weighted by molar-refractivity contribution is -0.138. The van der Waals surface area contributed by atoms with Gasteiger partial charge in [0.2, 0.25) is 0 Å². The number of aliphatic carboxylic acids is 1. The van der Waals surface area contributed by atoms with Crippen LogP contribution in [0.15, 0.2) is 6.20 Å². The molecule has 0 bridgehead atoms. The molecule has 1 heterocycles. The third kappa shape index (κ3) is 4.29. The molecule has 0 fully saturated rings. The van der Waals surface area contributed by atoms with E-state index in [0.717, 1.165) is 5.69 Å². The lowest BCUT2D eigenvalue weighted by Gasteiger charge is -2.16. The number of aryl methyl sites for hydroxylation is 2. The number of carboxylic acids is 1. The van der Waals surface area contributed by atoms with Crippen LogP contribution < -0.4 is 5.32 Å². The van der Waals surface area contributed by atoms with Crippen molar-refractivity contribution in [2.24, 2.45) is 0 Å². The summed E-state index contributed by atoms with van der Waals surface area (Å²) in [6.07, 6.45) is 2.82. The van der Waals surface area contributed by atoms with Crippen LogP contribution in [0.25, 0.3) is 0 Å². The van der Waals surface area contributed by atoms with Crippen LogP contribution in [-0.4, -0.2) is 40.8 Å². The Labute approximate surface area is 106 Å². The summed E-state index contributed by atoms with van der Waals surface area (Å²) in [4.78, 5) is 19.5. The summed E-state index contributed by atoms with van der Waals surface area (Å²) >= 11 is 0. The van der Waals surface area contributed by atoms with Gasteiger partial charge in [0.25, 0.3) is 0 Å². The number of nitrogens with zero attached hydrogens (tertiary/aromatic N) is 2. The summed E-state index contributed by atoms with van der Waals surface area (Å²) in [5.41, 5.74) is 1.45. The van der Waals surface area contributed by atoms with Crippen molar-refractivity contribution in [3.63, 3.8) is 0 Å². The summed E-state index contributed by atoms with van der Waals surface area (Å²) in [7, 11) is 1.60. The van der Waals surface area contributed by atoms with Crippen LogP contribution in [-0.2, 0) is 9.53 Å². The average molecular weight is 253 g/mol. The minimum Gasteiger partial charge on any atom is -0.480 e. The molecule has 0 saturated heterocycles. The second-order valence-electron chi connectivity index (χ2n) is 4.12. The van der Waals surface area contributed by atoms with Gasteiger partial charge in [-0.1, -0.05) is 0 Å². The molecular weight excluding hydrogens is 234 g/mol. The van der Waals surface area contributed by atoms with Crippen molar-refractivity contribution in [2.45, 2.75) is 32.7 Å². The van der Waals surface area contributed by atoms with Crippen LogP contribution in [0.5, 0.6) is 0 Å². The molecule has 1 rings (SSSR count). The first-order valence-electron chi connectivity index (χ1n) is 5.83.